The molecule has 0 amide bonds. The van der Waals surface area contributed by atoms with Gasteiger partial charge in [-0.2, -0.15) is 13.2 Å². The highest BCUT2D eigenvalue weighted by atomic mass is 19.4. The minimum Gasteiger partial charge on any atom is -0.253 e. The van der Waals surface area contributed by atoms with Crippen molar-refractivity contribution in [3.8, 4) is 0 Å². The number of alkyl halides is 3. The van der Waals surface area contributed by atoms with Crippen molar-refractivity contribution >= 4 is 11.4 Å². The summed E-state index contributed by atoms with van der Waals surface area (Å²) >= 11 is 0. The maximum Gasteiger partial charge on any atom is 0.416 e. The summed E-state index contributed by atoms with van der Waals surface area (Å²) in [6.45, 7) is 2.15. The molecule has 2 rings (SSSR count). The minimum absolute atomic E-state index is 0.628. The first-order valence-corrected chi connectivity index (χ1v) is 8.31. The van der Waals surface area contributed by atoms with Crippen molar-refractivity contribution in [3.05, 3.63) is 65.7 Å². The van der Waals surface area contributed by atoms with Gasteiger partial charge in [0.25, 0.3) is 0 Å². The predicted octanol–water partition coefficient (Wildman–Crippen LogP) is 6.80. The van der Waals surface area contributed by atoms with Crippen molar-refractivity contribution in [1.82, 2.24) is 0 Å². The fourth-order valence-corrected chi connectivity index (χ4v) is 2.49. The van der Waals surface area contributed by atoms with Crippen LogP contribution in [0.25, 0.3) is 0 Å². The van der Waals surface area contributed by atoms with Crippen LogP contribution in [-0.2, 0) is 6.18 Å². The van der Waals surface area contributed by atoms with Crippen molar-refractivity contribution in [1.29, 1.82) is 0 Å². The molecule has 0 aliphatic carbocycles. The molecule has 2 aromatic carbocycles. The lowest BCUT2D eigenvalue weighted by molar-refractivity contribution is -0.137. The summed E-state index contributed by atoms with van der Waals surface area (Å²) in [6.07, 6.45) is 0.846. The van der Waals surface area contributed by atoms with Gasteiger partial charge in [-0.05, 0) is 42.7 Å². The number of nitrogens with zero attached hydrogens (tertiary/aromatic N) is 1. The highest BCUT2D eigenvalue weighted by molar-refractivity contribution is 6.02. The topological polar surface area (TPSA) is 12.4 Å². The first-order chi connectivity index (χ1) is 11.5. The van der Waals surface area contributed by atoms with E-state index in [0.29, 0.717) is 0 Å². The van der Waals surface area contributed by atoms with Gasteiger partial charge >= 0.3 is 6.18 Å². The fraction of sp³-hybridized carbons (Fsp3) is 0.350. The molecule has 0 N–H and O–H groups in total. The van der Waals surface area contributed by atoms with Gasteiger partial charge in [-0.25, -0.2) is 0 Å². The van der Waals surface area contributed by atoms with Gasteiger partial charge in [0.1, 0.15) is 0 Å². The molecular formula is C20H22F3N. The predicted molar refractivity (Wildman–Crippen MR) is 92.8 cm³/mol. The molecule has 128 valence electrons. The first-order valence-electron chi connectivity index (χ1n) is 8.31. The van der Waals surface area contributed by atoms with E-state index in [4.69, 9.17) is 0 Å². The molecule has 0 spiro atoms. The minimum atomic E-state index is -4.31. The van der Waals surface area contributed by atoms with Gasteiger partial charge in [0.05, 0.1) is 11.3 Å². The summed E-state index contributed by atoms with van der Waals surface area (Å²) in [5.41, 5.74) is 1.79. The lowest BCUT2D eigenvalue weighted by atomic mass is 10.0. The number of rotatable bonds is 7. The Hall–Kier alpha value is -2.10. The molecule has 0 aliphatic rings. The van der Waals surface area contributed by atoms with Gasteiger partial charge in [0.2, 0.25) is 0 Å². The number of halogens is 3. The molecule has 0 saturated heterocycles. The second-order valence-electron chi connectivity index (χ2n) is 5.78. The molecular weight excluding hydrogens is 311 g/mol. The molecule has 0 bridgehead atoms. The SMILES string of the molecule is CCCCCCC(=Nc1ccccc1)c1ccc(C(F)(F)F)cc1. The van der Waals surface area contributed by atoms with E-state index in [1.54, 1.807) is 0 Å². The van der Waals surface area contributed by atoms with Gasteiger partial charge < -0.3 is 0 Å². The average Bonchev–Trinajstić information content (AvgIpc) is 2.58. The van der Waals surface area contributed by atoms with Crippen LogP contribution in [-0.4, -0.2) is 5.71 Å². The van der Waals surface area contributed by atoms with Crippen LogP contribution in [0.15, 0.2) is 59.6 Å². The second-order valence-corrected chi connectivity index (χ2v) is 5.78. The van der Waals surface area contributed by atoms with Crippen LogP contribution < -0.4 is 0 Å². The molecule has 2 aromatic rings. The smallest absolute Gasteiger partial charge is 0.253 e. The molecule has 0 saturated carbocycles. The van der Waals surface area contributed by atoms with E-state index in [1.807, 2.05) is 30.3 Å². The molecule has 0 atom stereocenters. The Kier molecular flexibility index (Phi) is 6.59. The van der Waals surface area contributed by atoms with Crippen LogP contribution in [0.4, 0.5) is 18.9 Å². The highest BCUT2D eigenvalue weighted by Crippen LogP contribution is 2.29. The summed E-state index contributed by atoms with van der Waals surface area (Å²) in [5.74, 6) is 0. The Labute approximate surface area is 141 Å². The normalized spacial score (nSPS) is 12.4. The molecule has 4 heteroatoms. The summed E-state index contributed by atoms with van der Waals surface area (Å²) in [6, 6.07) is 14.8. The third-order valence-electron chi connectivity index (χ3n) is 3.83. The van der Waals surface area contributed by atoms with E-state index in [2.05, 4.69) is 11.9 Å². The van der Waals surface area contributed by atoms with Gasteiger partial charge in [-0.15, -0.1) is 0 Å². The summed E-state index contributed by atoms with van der Waals surface area (Å²) in [4.78, 5) is 4.65. The average molecular weight is 333 g/mol. The lowest BCUT2D eigenvalue weighted by Gasteiger charge is -2.10. The number of unbranched alkanes of at least 4 members (excludes halogenated alkanes) is 3. The van der Waals surface area contributed by atoms with Gasteiger partial charge in [0, 0.05) is 5.71 Å². The maximum absolute atomic E-state index is 12.7. The van der Waals surface area contributed by atoms with Crippen molar-refractivity contribution in [3.63, 3.8) is 0 Å². The van der Waals surface area contributed by atoms with E-state index in [1.165, 1.54) is 12.1 Å². The van der Waals surface area contributed by atoms with Crippen molar-refractivity contribution < 1.29 is 13.2 Å². The van der Waals surface area contributed by atoms with Crippen LogP contribution in [0.2, 0.25) is 0 Å². The Balaban J connectivity index is 2.23. The molecule has 24 heavy (non-hydrogen) atoms. The standard InChI is InChI=1S/C20H22F3N/c1-2-3-4-8-11-19(24-18-9-6-5-7-10-18)16-12-14-17(15-13-16)20(21,22)23/h5-7,9-10,12-15H,2-4,8,11H2,1H3. The van der Waals surface area contributed by atoms with Crippen LogP contribution in [0.3, 0.4) is 0 Å². The molecule has 1 nitrogen and oxygen atoms in total. The van der Waals surface area contributed by atoms with E-state index in [-0.39, 0.29) is 0 Å². The fourth-order valence-electron chi connectivity index (χ4n) is 2.49. The molecule has 0 aromatic heterocycles. The van der Waals surface area contributed by atoms with Gasteiger partial charge in [-0.3, -0.25) is 4.99 Å². The van der Waals surface area contributed by atoms with Crippen LogP contribution in [0.5, 0.6) is 0 Å². The lowest BCUT2D eigenvalue weighted by Crippen LogP contribution is -2.06. The first kappa shape index (κ1) is 18.2. The van der Waals surface area contributed by atoms with Crippen molar-refractivity contribution in [2.45, 2.75) is 45.2 Å². The zero-order valence-electron chi connectivity index (χ0n) is 13.8. The number of para-hydroxylation sites is 1. The van der Waals surface area contributed by atoms with Gasteiger partial charge in [-0.1, -0.05) is 56.5 Å². The summed E-state index contributed by atoms with van der Waals surface area (Å²) in [7, 11) is 0. The largest absolute Gasteiger partial charge is 0.416 e. The molecule has 0 unspecified atom stereocenters. The van der Waals surface area contributed by atoms with Crippen molar-refractivity contribution in [2.75, 3.05) is 0 Å². The Morgan fingerprint density at radius 3 is 2.12 bits per heavy atom. The number of hydrogen-bond acceptors (Lipinski definition) is 1. The Bertz CT molecular complexity index is 643. The quantitative estimate of drug-likeness (QED) is 0.390. The van der Waals surface area contributed by atoms with Crippen LogP contribution >= 0.6 is 0 Å². The van der Waals surface area contributed by atoms with Crippen LogP contribution in [0, 0.1) is 0 Å². The van der Waals surface area contributed by atoms with E-state index < -0.39 is 11.7 Å². The number of hydrogen-bond donors (Lipinski definition) is 0. The number of aliphatic imine (C=N–C) groups is 1. The molecule has 0 fully saturated rings. The Morgan fingerprint density at radius 2 is 1.54 bits per heavy atom. The number of benzene rings is 2. The van der Waals surface area contributed by atoms with E-state index in [9.17, 15) is 13.2 Å². The van der Waals surface area contributed by atoms with E-state index in [0.717, 1.165) is 61.2 Å². The Morgan fingerprint density at radius 1 is 0.875 bits per heavy atom. The molecule has 0 heterocycles. The molecule has 0 radical (unpaired) electrons. The summed E-state index contributed by atoms with van der Waals surface area (Å²) < 4.78 is 38.2. The highest BCUT2D eigenvalue weighted by Gasteiger charge is 2.30. The van der Waals surface area contributed by atoms with E-state index >= 15 is 0 Å². The third-order valence-corrected chi connectivity index (χ3v) is 3.83. The monoisotopic (exact) mass is 333 g/mol. The summed E-state index contributed by atoms with van der Waals surface area (Å²) in [5, 5.41) is 0. The van der Waals surface area contributed by atoms with Gasteiger partial charge in [0.15, 0.2) is 0 Å². The zero-order chi connectivity index (χ0) is 17.4. The molecule has 0 aliphatic heterocycles. The maximum atomic E-state index is 12.7. The van der Waals surface area contributed by atoms with Crippen LogP contribution in [0.1, 0.15) is 50.2 Å². The van der Waals surface area contributed by atoms with Crippen molar-refractivity contribution in [2.24, 2.45) is 4.99 Å². The second kappa shape index (κ2) is 8.67. The third kappa shape index (κ3) is 5.52. The zero-order valence-corrected chi connectivity index (χ0v) is 13.8.